The van der Waals surface area contributed by atoms with E-state index in [0.717, 1.165) is 0 Å². The Morgan fingerprint density at radius 2 is 0.969 bits per heavy atom. The predicted molar refractivity (Wildman–Crippen MR) is 251 cm³/mol. The van der Waals surface area contributed by atoms with E-state index in [9.17, 15) is 24.3 Å². The van der Waals surface area contributed by atoms with Gasteiger partial charge < -0.3 is 47.1 Å². The van der Waals surface area contributed by atoms with E-state index in [-0.39, 0.29) is 33.4 Å². The summed E-state index contributed by atoms with van der Waals surface area (Å²) in [6.45, 7) is 22.2. The summed E-state index contributed by atoms with van der Waals surface area (Å²) in [5, 5.41) is 11.3. The predicted octanol–water partition coefficient (Wildman–Crippen LogP) is 8.27. The van der Waals surface area contributed by atoms with Crippen LogP contribution >= 0.6 is 22.6 Å². The second-order valence-electron chi connectivity index (χ2n) is 19.1. The SMILES string of the molecule is CC(=O)OC[C@H]1O[C@@H](OC[C@H]2O[C@H](O)[C@H](OC(=O)c3ccccc3)[C@@H](OC(=O)c3ccccc3)[C@@H]2OC(=O)c2ccccc2)[C@H](I)[C@@H](O[Si](C)(C)C(C)(C)C)[C@@H]1O[Si](C)(C)C(C)(C)C. The smallest absolute Gasteiger partial charge is 0.338 e. The second kappa shape index (κ2) is 21.4. The third-order valence-corrected chi connectivity index (χ3v) is 22.5. The van der Waals surface area contributed by atoms with E-state index in [2.05, 4.69) is 90.3 Å². The Hall–Kier alpha value is -3.54. The summed E-state index contributed by atoms with van der Waals surface area (Å²) in [5.41, 5.74) is 0.484. The molecule has 0 aromatic heterocycles. The van der Waals surface area contributed by atoms with Crippen molar-refractivity contribution in [2.24, 2.45) is 0 Å². The Kier molecular flexibility index (Phi) is 17.2. The summed E-state index contributed by atoms with van der Waals surface area (Å²) in [4.78, 5) is 53.5. The maximum atomic E-state index is 13.9. The minimum absolute atomic E-state index is 0.155. The Morgan fingerprint density at radius 1 is 0.578 bits per heavy atom. The van der Waals surface area contributed by atoms with Gasteiger partial charge in [-0.25, -0.2) is 14.4 Å². The van der Waals surface area contributed by atoms with Crippen molar-refractivity contribution in [3.05, 3.63) is 108 Å². The van der Waals surface area contributed by atoms with Gasteiger partial charge in [-0.2, -0.15) is 0 Å². The monoisotopic (exact) mass is 1030 g/mol. The number of aliphatic hydroxyl groups excluding tert-OH is 1. The van der Waals surface area contributed by atoms with Gasteiger partial charge in [0.15, 0.2) is 47.5 Å². The highest BCUT2D eigenvalue weighted by Crippen LogP contribution is 2.45. The zero-order valence-corrected chi connectivity index (χ0v) is 42.6. The Labute approximate surface area is 392 Å². The maximum Gasteiger partial charge on any atom is 0.338 e. The summed E-state index contributed by atoms with van der Waals surface area (Å²) in [6.07, 6.45) is -11.2. The van der Waals surface area contributed by atoms with Crippen molar-refractivity contribution in [3.63, 3.8) is 0 Å². The van der Waals surface area contributed by atoms with Crippen LogP contribution in [0.25, 0.3) is 0 Å². The highest BCUT2D eigenvalue weighted by Gasteiger charge is 2.56. The number of ether oxygens (including phenoxy) is 7. The largest absolute Gasteiger partial charge is 0.463 e. The fraction of sp³-hybridized carbons (Fsp3) is 0.532. The fourth-order valence-corrected chi connectivity index (χ4v) is 10.4. The van der Waals surface area contributed by atoms with Crippen LogP contribution in [0.2, 0.25) is 36.3 Å². The van der Waals surface area contributed by atoms with Crippen LogP contribution in [0.15, 0.2) is 91.0 Å². The topological polar surface area (TPSA) is 172 Å². The number of carbonyl (C=O) groups excluding carboxylic acids is 4. The molecule has 3 aromatic rings. The number of esters is 4. The number of carbonyl (C=O) groups is 4. The van der Waals surface area contributed by atoms with Crippen LogP contribution in [0.3, 0.4) is 0 Å². The van der Waals surface area contributed by atoms with Gasteiger partial charge in [-0.3, -0.25) is 4.79 Å². The zero-order chi connectivity index (χ0) is 47.2. The quantitative estimate of drug-likeness (QED) is 0.0507. The molecule has 0 saturated carbocycles. The lowest BCUT2D eigenvalue weighted by Gasteiger charge is -2.52. The van der Waals surface area contributed by atoms with Gasteiger partial charge >= 0.3 is 23.9 Å². The lowest BCUT2D eigenvalue weighted by atomic mass is 9.97. The standard InChI is InChI=1S/C47H63IO14Si2/c1-29(49)54-27-34-37(61-63(8,9)46(2,3)4)38(62-64(10,11)47(5,6)7)35(48)45(57-34)55-28-33-36(58-41(50)30-21-15-12-16-22-30)39(59-42(51)31-23-17-13-18-24-31)40(44(53)56-33)60-43(52)32-25-19-14-20-26-32/h12-26,33-40,44-45,53H,27-28H2,1-11H3/t33-,34-,35-,36-,37-,38-,39+,40-,44+,45-/m1/s1. The van der Waals surface area contributed by atoms with E-state index >= 15 is 0 Å². The highest BCUT2D eigenvalue weighted by molar-refractivity contribution is 14.1. The molecule has 0 bridgehead atoms. The Balaban J connectivity index is 1.54. The summed E-state index contributed by atoms with van der Waals surface area (Å²) >= 11 is 2.24. The third kappa shape index (κ3) is 12.9. The molecular formula is C47H63IO14Si2. The molecule has 0 aliphatic carbocycles. The van der Waals surface area contributed by atoms with Crippen molar-refractivity contribution in [1.82, 2.24) is 0 Å². The van der Waals surface area contributed by atoms with Crippen LogP contribution in [0, 0.1) is 0 Å². The van der Waals surface area contributed by atoms with E-state index in [1.165, 1.54) is 31.2 Å². The number of hydrogen-bond acceptors (Lipinski definition) is 14. The van der Waals surface area contributed by atoms with Crippen molar-refractivity contribution in [1.29, 1.82) is 0 Å². The van der Waals surface area contributed by atoms with Crippen LogP contribution in [-0.4, -0.2) is 118 Å². The summed E-state index contributed by atoms with van der Waals surface area (Å²) < 4.78 is 56.7. The molecule has 1 N–H and O–H groups in total. The van der Waals surface area contributed by atoms with E-state index in [4.69, 9.17) is 42.0 Å². The van der Waals surface area contributed by atoms with E-state index in [1.807, 2.05) is 0 Å². The molecule has 0 radical (unpaired) electrons. The zero-order valence-electron chi connectivity index (χ0n) is 38.5. The third-order valence-electron chi connectivity index (χ3n) is 12.3. The molecule has 350 valence electrons. The van der Waals surface area contributed by atoms with Crippen LogP contribution in [0.4, 0.5) is 0 Å². The molecule has 2 aliphatic heterocycles. The molecule has 64 heavy (non-hydrogen) atoms. The molecule has 2 aliphatic rings. The molecular weight excluding hydrogens is 972 g/mol. The van der Waals surface area contributed by atoms with Gasteiger partial charge in [0, 0.05) is 6.92 Å². The Morgan fingerprint density at radius 3 is 1.39 bits per heavy atom. The molecule has 17 heteroatoms. The molecule has 2 fully saturated rings. The maximum absolute atomic E-state index is 13.9. The first kappa shape index (κ1) is 51.4. The highest BCUT2D eigenvalue weighted by atomic mass is 127. The van der Waals surface area contributed by atoms with Crippen LogP contribution < -0.4 is 0 Å². The van der Waals surface area contributed by atoms with E-state index in [1.54, 1.807) is 66.7 Å². The van der Waals surface area contributed by atoms with Gasteiger partial charge in [-0.1, -0.05) is 119 Å². The molecule has 2 heterocycles. The van der Waals surface area contributed by atoms with Gasteiger partial charge in [0.05, 0.1) is 33.3 Å². The minimum atomic E-state index is -2.52. The van der Waals surface area contributed by atoms with Gasteiger partial charge in [-0.05, 0) is 72.7 Å². The van der Waals surface area contributed by atoms with Gasteiger partial charge in [0.25, 0.3) is 0 Å². The summed E-state index contributed by atoms with van der Waals surface area (Å²) in [7, 11) is -5.02. The molecule has 0 amide bonds. The van der Waals surface area contributed by atoms with Crippen LogP contribution in [-0.2, 0) is 46.8 Å². The van der Waals surface area contributed by atoms with Crippen LogP contribution in [0.1, 0.15) is 79.5 Å². The first-order chi connectivity index (χ1) is 29.9. The van der Waals surface area contributed by atoms with Gasteiger partial charge in [-0.15, -0.1) is 0 Å². The first-order valence-corrected chi connectivity index (χ1v) is 28.5. The van der Waals surface area contributed by atoms with Crippen molar-refractivity contribution < 1.29 is 66.3 Å². The van der Waals surface area contributed by atoms with Gasteiger partial charge in [0.1, 0.15) is 24.9 Å². The molecule has 0 spiro atoms. The number of rotatable bonds is 15. The molecule has 3 aromatic carbocycles. The molecule has 5 rings (SSSR count). The summed E-state index contributed by atoms with van der Waals surface area (Å²) in [6, 6.07) is 24.3. The average molecular weight is 1040 g/mol. The van der Waals surface area contributed by atoms with Crippen molar-refractivity contribution in [2.45, 2.75) is 144 Å². The molecule has 0 unspecified atom stereocenters. The number of halogens is 1. The van der Waals surface area contributed by atoms with Crippen LogP contribution in [0.5, 0.6) is 0 Å². The van der Waals surface area contributed by atoms with Crippen molar-refractivity contribution >= 4 is 63.1 Å². The number of aliphatic hydroxyl groups is 1. The van der Waals surface area contributed by atoms with Gasteiger partial charge in [0.2, 0.25) is 0 Å². The lowest BCUT2D eigenvalue weighted by molar-refractivity contribution is -0.303. The first-order valence-electron chi connectivity index (χ1n) is 21.4. The molecule has 14 nitrogen and oxygen atoms in total. The van der Waals surface area contributed by atoms with E-state index < -0.39 is 106 Å². The number of hydrogen-bond donors (Lipinski definition) is 1. The Bertz CT molecular complexity index is 2030. The average Bonchev–Trinajstić information content (AvgIpc) is 3.23. The number of alkyl halides is 1. The van der Waals surface area contributed by atoms with Crippen molar-refractivity contribution in [2.75, 3.05) is 13.2 Å². The molecule has 2 saturated heterocycles. The summed E-state index contributed by atoms with van der Waals surface area (Å²) in [5.74, 6) is -2.99. The lowest BCUT2D eigenvalue weighted by Crippen LogP contribution is -2.65. The minimum Gasteiger partial charge on any atom is -0.463 e. The normalized spacial score (nSPS) is 26.6. The number of benzene rings is 3. The van der Waals surface area contributed by atoms with Crippen molar-refractivity contribution in [3.8, 4) is 0 Å². The molecule has 10 atom stereocenters. The van der Waals surface area contributed by atoms with E-state index in [0.29, 0.717) is 0 Å². The fourth-order valence-electron chi connectivity index (χ4n) is 6.56. The second-order valence-corrected chi connectivity index (χ2v) is 30.0.